The predicted octanol–water partition coefficient (Wildman–Crippen LogP) is 3.45. The average molecular weight is 260 g/mol. The molecule has 1 aromatic carbocycles. The van der Waals surface area contributed by atoms with Gasteiger partial charge in [0.25, 0.3) is 0 Å². The summed E-state index contributed by atoms with van der Waals surface area (Å²) in [6.45, 7) is 8.40. The highest BCUT2D eigenvalue weighted by Crippen LogP contribution is 2.16. The molecule has 0 radical (unpaired) electrons. The van der Waals surface area contributed by atoms with Gasteiger partial charge in [0.05, 0.1) is 12.2 Å². The SMILES string of the molecule is CCCCN(CC)CCCOc1ccccc1C#N. The third-order valence-corrected chi connectivity index (χ3v) is 3.16. The topological polar surface area (TPSA) is 36.3 Å². The normalized spacial score (nSPS) is 10.4. The summed E-state index contributed by atoms with van der Waals surface area (Å²) in [5.74, 6) is 0.696. The lowest BCUT2D eigenvalue weighted by Crippen LogP contribution is -2.26. The summed E-state index contributed by atoms with van der Waals surface area (Å²) in [6, 6.07) is 9.54. The first-order valence-electron chi connectivity index (χ1n) is 7.16. The summed E-state index contributed by atoms with van der Waals surface area (Å²) >= 11 is 0. The highest BCUT2D eigenvalue weighted by atomic mass is 16.5. The Morgan fingerprint density at radius 1 is 1.16 bits per heavy atom. The number of benzene rings is 1. The molecule has 1 aromatic rings. The number of nitriles is 1. The molecule has 0 aliphatic heterocycles. The number of ether oxygens (including phenoxy) is 1. The van der Waals surface area contributed by atoms with Crippen molar-refractivity contribution in [3.63, 3.8) is 0 Å². The highest BCUT2D eigenvalue weighted by molar-refractivity contribution is 5.42. The van der Waals surface area contributed by atoms with Crippen LogP contribution < -0.4 is 4.74 Å². The Labute approximate surface area is 116 Å². The molecule has 3 heteroatoms. The molecular weight excluding hydrogens is 236 g/mol. The Balaban J connectivity index is 2.28. The molecule has 0 atom stereocenters. The zero-order chi connectivity index (χ0) is 13.9. The molecule has 0 bridgehead atoms. The summed E-state index contributed by atoms with van der Waals surface area (Å²) in [4.78, 5) is 2.45. The maximum atomic E-state index is 8.96. The molecule has 0 amide bonds. The maximum Gasteiger partial charge on any atom is 0.137 e. The number of hydrogen-bond donors (Lipinski definition) is 0. The number of unbranched alkanes of at least 4 members (excludes halogenated alkanes) is 1. The lowest BCUT2D eigenvalue weighted by molar-refractivity contribution is 0.239. The molecule has 1 rings (SSSR count). The minimum absolute atomic E-state index is 0.612. The zero-order valence-corrected chi connectivity index (χ0v) is 12.1. The third kappa shape index (κ3) is 5.76. The van der Waals surface area contributed by atoms with E-state index in [9.17, 15) is 0 Å². The fourth-order valence-corrected chi connectivity index (χ4v) is 1.96. The minimum Gasteiger partial charge on any atom is -0.492 e. The molecule has 104 valence electrons. The monoisotopic (exact) mass is 260 g/mol. The fraction of sp³-hybridized carbons (Fsp3) is 0.562. The quantitative estimate of drug-likeness (QED) is 0.638. The summed E-state index contributed by atoms with van der Waals surface area (Å²) in [7, 11) is 0. The molecule has 0 aliphatic carbocycles. The molecule has 0 heterocycles. The van der Waals surface area contributed by atoms with E-state index in [-0.39, 0.29) is 0 Å². The van der Waals surface area contributed by atoms with Crippen LogP contribution in [0, 0.1) is 11.3 Å². The van der Waals surface area contributed by atoms with Gasteiger partial charge in [-0.05, 0) is 38.1 Å². The van der Waals surface area contributed by atoms with Crippen LogP contribution in [0.4, 0.5) is 0 Å². The Morgan fingerprint density at radius 3 is 2.58 bits per heavy atom. The van der Waals surface area contributed by atoms with Crippen molar-refractivity contribution >= 4 is 0 Å². The van der Waals surface area contributed by atoms with Crippen LogP contribution in [0.3, 0.4) is 0 Å². The van der Waals surface area contributed by atoms with E-state index in [0.29, 0.717) is 17.9 Å². The van der Waals surface area contributed by atoms with Crippen molar-refractivity contribution in [1.82, 2.24) is 4.90 Å². The van der Waals surface area contributed by atoms with Gasteiger partial charge in [-0.3, -0.25) is 0 Å². The van der Waals surface area contributed by atoms with E-state index in [1.165, 1.54) is 19.4 Å². The van der Waals surface area contributed by atoms with Crippen LogP contribution in [0.5, 0.6) is 5.75 Å². The van der Waals surface area contributed by atoms with E-state index in [4.69, 9.17) is 10.00 Å². The van der Waals surface area contributed by atoms with Crippen molar-refractivity contribution in [2.75, 3.05) is 26.2 Å². The van der Waals surface area contributed by atoms with Gasteiger partial charge in [0.1, 0.15) is 11.8 Å². The van der Waals surface area contributed by atoms with Crippen LogP contribution in [0.15, 0.2) is 24.3 Å². The van der Waals surface area contributed by atoms with E-state index in [2.05, 4.69) is 24.8 Å². The van der Waals surface area contributed by atoms with Crippen LogP contribution in [-0.2, 0) is 0 Å². The molecule has 3 nitrogen and oxygen atoms in total. The van der Waals surface area contributed by atoms with Gasteiger partial charge in [-0.25, -0.2) is 0 Å². The van der Waals surface area contributed by atoms with Crippen molar-refractivity contribution in [2.24, 2.45) is 0 Å². The molecular formula is C16H24N2O. The molecule has 0 saturated carbocycles. The van der Waals surface area contributed by atoms with Crippen molar-refractivity contribution in [1.29, 1.82) is 5.26 Å². The summed E-state index contributed by atoms with van der Waals surface area (Å²) in [5, 5.41) is 8.96. The lowest BCUT2D eigenvalue weighted by atomic mass is 10.2. The van der Waals surface area contributed by atoms with Crippen molar-refractivity contribution in [3.05, 3.63) is 29.8 Å². The molecule has 0 spiro atoms. The standard InChI is InChI=1S/C16H24N2O/c1-3-5-11-18(4-2)12-8-13-19-16-10-7-6-9-15(16)14-17/h6-7,9-10H,3-5,8,11-13H2,1-2H3. The molecule has 0 fully saturated rings. The first kappa shape index (κ1) is 15.5. The van der Waals surface area contributed by atoms with Crippen molar-refractivity contribution < 1.29 is 4.74 Å². The molecule has 0 aliphatic rings. The second-order valence-corrected chi connectivity index (χ2v) is 4.60. The Morgan fingerprint density at radius 2 is 1.89 bits per heavy atom. The first-order chi connectivity index (χ1) is 9.31. The molecule has 0 saturated heterocycles. The van der Waals surface area contributed by atoms with E-state index in [1.807, 2.05) is 18.2 Å². The van der Waals surface area contributed by atoms with Gasteiger partial charge in [0.15, 0.2) is 0 Å². The van der Waals surface area contributed by atoms with E-state index in [1.54, 1.807) is 6.07 Å². The average Bonchev–Trinajstić information content (AvgIpc) is 2.47. The largest absolute Gasteiger partial charge is 0.492 e. The van der Waals surface area contributed by atoms with Gasteiger partial charge >= 0.3 is 0 Å². The molecule has 19 heavy (non-hydrogen) atoms. The van der Waals surface area contributed by atoms with Gasteiger partial charge in [0, 0.05) is 6.54 Å². The van der Waals surface area contributed by atoms with Crippen LogP contribution in [-0.4, -0.2) is 31.1 Å². The second kappa shape index (κ2) is 9.41. The second-order valence-electron chi connectivity index (χ2n) is 4.60. The Kier molecular flexibility index (Phi) is 7.69. The highest BCUT2D eigenvalue weighted by Gasteiger charge is 2.03. The van der Waals surface area contributed by atoms with Crippen LogP contribution in [0.2, 0.25) is 0 Å². The molecule has 0 unspecified atom stereocenters. The predicted molar refractivity (Wildman–Crippen MR) is 78.3 cm³/mol. The van der Waals surface area contributed by atoms with Crippen LogP contribution in [0.25, 0.3) is 0 Å². The Hall–Kier alpha value is -1.53. The van der Waals surface area contributed by atoms with E-state index < -0.39 is 0 Å². The smallest absolute Gasteiger partial charge is 0.137 e. The van der Waals surface area contributed by atoms with E-state index in [0.717, 1.165) is 19.5 Å². The molecule has 0 aromatic heterocycles. The summed E-state index contributed by atoms with van der Waals surface area (Å²) < 4.78 is 5.68. The zero-order valence-electron chi connectivity index (χ0n) is 12.1. The number of hydrogen-bond acceptors (Lipinski definition) is 3. The summed E-state index contributed by atoms with van der Waals surface area (Å²) in [5.41, 5.74) is 0.612. The first-order valence-corrected chi connectivity index (χ1v) is 7.16. The number of nitrogens with zero attached hydrogens (tertiary/aromatic N) is 2. The Bertz CT molecular complexity index is 398. The fourth-order valence-electron chi connectivity index (χ4n) is 1.96. The number of para-hydroxylation sites is 1. The van der Waals surface area contributed by atoms with Gasteiger partial charge in [-0.15, -0.1) is 0 Å². The van der Waals surface area contributed by atoms with Gasteiger partial charge in [-0.1, -0.05) is 32.4 Å². The third-order valence-electron chi connectivity index (χ3n) is 3.16. The number of rotatable bonds is 9. The van der Waals surface area contributed by atoms with Gasteiger partial charge in [0.2, 0.25) is 0 Å². The van der Waals surface area contributed by atoms with Gasteiger partial charge < -0.3 is 9.64 Å². The minimum atomic E-state index is 0.612. The lowest BCUT2D eigenvalue weighted by Gasteiger charge is -2.19. The van der Waals surface area contributed by atoms with Gasteiger partial charge in [-0.2, -0.15) is 5.26 Å². The van der Waals surface area contributed by atoms with Crippen LogP contribution >= 0.6 is 0 Å². The maximum absolute atomic E-state index is 8.96. The van der Waals surface area contributed by atoms with E-state index >= 15 is 0 Å². The van der Waals surface area contributed by atoms with Crippen molar-refractivity contribution in [2.45, 2.75) is 33.1 Å². The van der Waals surface area contributed by atoms with Crippen LogP contribution in [0.1, 0.15) is 38.7 Å². The molecule has 0 N–H and O–H groups in total. The summed E-state index contributed by atoms with van der Waals surface area (Å²) in [6.07, 6.45) is 3.49. The van der Waals surface area contributed by atoms with Crippen molar-refractivity contribution in [3.8, 4) is 11.8 Å².